The van der Waals surface area contributed by atoms with Gasteiger partial charge < -0.3 is 14.8 Å². The highest BCUT2D eigenvalue weighted by atomic mass is 16.2. The maximum Gasteiger partial charge on any atom is 0.263 e. The van der Waals surface area contributed by atoms with Gasteiger partial charge in [-0.25, -0.2) is 0 Å². The van der Waals surface area contributed by atoms with Crippen molar-refractivity contribution in [2.45, 2.75) is 37.6 Å². The molecule has 1 aromatic heterocycles. The Bertz CT molecular complexity index is 929. The average Bonchev–Trinajstić information content (AvgIpc) is 2.75. The van der Waals surface area contributed by atoms with Gasteiger partial charge >= 0.3 is 0 Å². The largest absolute Gasteiger partial charge is 0.338 e. The Hall–Kier alpha value is -2.40. The molecule has 1 amide bonds. The first-order chi connectivity index (χ1) is 13.7. The first-order valence-electron chi connectivity index (χ1n) is 10.5. The summed E-state index contributed by atoms with van der Waals surface area (Å²) < 4.78 is 1.88. The summed E-state index contributed by atoms with van der Waals surface area (Å²) >= 11 is 0. The third-order valence-electron chi connectivity index (χ3n) is 6.79. The number of likely N-dealkylation sites (tertiary alicyclic amines) is 1. The minimum atomic E-state index is -0.0966. The first kappa shape index (κ1) is 17.7. The molecule has 0 unspecified atom stereocenters. The Balaban J connectivity index is 1.34. The van der Waals surface area contributed by atoms with Gasteiger partial charge in [-0.15, -0.1) is 0 Å². The number of carbonyl (C=O) groups excluding carboxylic acids is 1. The fourth-order valence-corrected chi connectivity index (χ4v) is 5.26. The zero-order valence-corrected chi connectivity index (χ0v) is 16.1. The summed E-state index contributed by atoms with van der Waals surface area (Å²) in [6.07, 6.45) is 3.06. The van der Waals surface area contributed by atoms with E-state index in [1.807, 2.05) is 21.6 Å². The number of amides is 1. The number of hydrogen-bond acceptors (Lipinski definition) is 3. The molecule has 0 spiro atoms. The van der Waals surface area contributed by atoms with Crippen molar-refractivity contribution in [1.29, 1.82) is 0 Å². The van der Waals surface area contributed by atoms with Crippen LogP contribution in [-0.2, 0) is 6.54 Å². The molecule has 2 aromatic rings. The van der Waals surface area contributed by atoms with Crippen molar-refractivity contribution in [3.05, 3.63) is 69.6 Å². The van der Waals surface area contributed by atoms with Crippen molar-refractivity contribution in [3.8, 4) is 0 Å². The highest BCUT2D eigenvalue weighted by Crippen LogP contribution is 2.32. The number of pyridine rings is 1. The van der Waals surface area contributed by atoms with E-state index < -0.39 is 0 Å². The maximum atomic E-state index is 13.1. The standard InChI is InChI=1S/C23H27N3O2/c27-22(25-10-8-18(9-11-25)17-4-2-1-3-5-17)20-6-7-21-19-12-16(13-24-14-19)15-26(21)23(20)28/h1-7,16,18-19,24H,8-15H2/t16-,19+/m0/s1. The van der Waals surface area contributed by atoms with E-state index in [1.54, 1.807) is 6.07 Å². The summed E-state index contributed by atoms with van der Waals surface area (Å²) in [4.78, 5) is 28.1. The van der Waals surface area contributed by atoms with E-state index in [1.165, 1.54) is 5.56 Å². The lowest BCUT2D eigenvalue weighted by Crippen LogP contribution is -2.47. The normalized spacial score (nSPS) is 24.6. The Morgan fingerprint density at radius 3 is 2.54 bits per heavy atom. The number of piperidine rings is 2. The minimum Gasteiger partial charge on any atom is -0.338 e. The van der Waals surface area contributed by atoms with Gasteiger partial charge in [0.1, 0.15) is 5.56 Å². The van der Waals surface area contributed by atoms with E-state index >= 15 is 0 Å². The Labute approximate surface area is 165 Å². The number of nitrogens with zero attached hydrogens (tertiary/aromatic N) is 2. The highest BCUT2D eigenvalue weighted by molar-refractivity contribution is 5.94. The zero-order valence-electron chi connectivity index (χ0n) is 16.1. The quantitative estimate of drug-likeness (QED) is 0.875. The Morgan fingerprint density at radius 2 is 1.75 bits per heavy atom. The lowest BCUT2D eigenvalue weighted by molar-refractivity contribution is 0.0709. The number of nitrogens with one attached hydrogen (secondary N) is 1. The number of rotatable bonds is 2. The molecule has 1 aromatic carbocycles. The van der Waals surface area contributed by atoms with Crippen LogP contribution in [0.25, 0.3) is 0 Å². The summed E-state index contributed by atoms with van der Waals surface area (Å²) in [5.41, 5.74) is 2.69. The predicted octanol–water partition coefficient (Wildman–Crippen LogP) is 2.57. The molecule has 2 bridgehead atoms. The van der Waals surface area contributed by atoms with Gasteiger partial charge in [-0.05, 0) is 55.3 Å². The number of benzene rings is 1. The third kappa shape index (κ3) is 3.08. The van der Waals surface area contributed by atoms with E-state index in [4.69, 9.17) is 0 Å². The molecule has 2 saturated heterocycles. The summed E-state index contributed by atoms with van der Waals surface area (Å²) in [5, 5.41) is 3.46. The smallest absolute Gasteiger partial charge is 0.263 e. The van der Waals surface area contributed by atoms with Crippen molar-refractivity contribution in [1.82, 2.24) is 14.8 Å². The zero-order chi connectivity index (χ0) is 19.1. The monoisotopic (exact) mass is 377 g/mol. The van der Waals surface area contributed by atoms with E-state index in [0.29, 0.717) is 23.3 Å². The molecule has 2 fully saturated rings. The van der Waals surface area contributed by atoms with Crippen LogP contribution in [0.4, 0.5) is 0 Å². The fourth-order valence-electron chi connectivity index (χ4n) is 5.26. The molecule has 0 aliphatic carbocycles. The number of aromatic nitrogens is 1. The van der Waals surface area contributed by atoms with Gasteiger partial charge in [0.25, 0.3) is 11.5 Å². The molecule has 3 aliphatic heterocycles. The van der Waals surface area contributed by atoms with Crippen molar-refractivity contribution < 1.29 is 4.79 Å². The summed E-state index contributed by atoms with van der Waals surface area (Å²) in [6, 6.07) is 14.3. The van der Waals surface area contributed by atoms with Crippen molar-refractivity contribution in [2.75, 3.05) is 26.2 Å². The second kappa shape index (κ2) is 7.21. The SMILES string of the molecule is O=C(c1ccc2n(c1=O)C[C@@H]1CNC[C@H]2C1)N1CCC(c2ccccc2)CC1. The van der Waals surface area contributed by atoms with E-state index in [2.05, 4.69) is 29.6 Å². The van der Waals surface area contributed by atoms with Crippen LogP contribution in [0.3, 0.4) is 0 Å². The van der Waals surface area contributed by atoms with Gasteiger partial charge in [0.05, 0.1) is 0 Å². The molecule has 0 radical (unpaired) electrons. The van der Waals surface area contributed by atoms with E-state index in [0.717, 1.165) is 57.7 Å². The molecule has 5 nitrogen and oxygen atoms in total. The van der Waals surface area contributed by atoms with Crippen LogP contribution in [0, 0.1) is 5.92 Å². The third-order valence-corrected chi connectivity index (χ3v) is 6.79. The lowest BCUT2D eigenvalue weighted by Gasteiger charge is -2.38. The van der Waals surface area contributed by atoms with E-state index in [-0.39, 0.29) is 11.5 Å². The lowest BCUT2D eigenvalue weighted by atomic mass is 9.84. The van der Waals surface area contributed by atoms with Gasteiger partial charge in [0, 0.05) is 37.8 Å². The number of carbonyl (C=O) groups is 1. The molecule has 3 aliphatic rings. The van der Waals surface area contributed by atoms with Crippen molar-refractivity contribution in [3.63, 3.8) is 0 Å². The van der Waals surface area contributed by atoms with Crippen LogP contribution in [0.2, 0.25) is 0 Å². The van der Waals surface area contributed by atoms with E-state index in [9.17, 15) is 9.59 Å². The molecular formula is C23H27N3O2. The van der Waals surface area contributed by atoms with Crippen LogP contribution < -0.4 is 10.9 Å². The van der Waals surface area contributed by atoms with Gasteiger partial charge in [0.2, 0.25) is 0 Å². The molecule has 0 saturated carbocycles. The predicted molar refractivity (Wildman–Crippen MR) is 109 cm³/mol. The van der Waals surface area contributed by atoms with Crippen molar-refractivity contribution in [2.24, 2.45) is 5.92 Å². The fraction of sp³-hybridized carbons (Fsp3) is 0.478. The molecular weight excluding hydrogens is 350 g/mol. The van der Waals surface area contributed by atoms with Gasteiger partial charge in [-0.1, -0.05) is 30.3 Å². The minimum absolute atomic E-state index is 0.0933. The molecule has 2 atom stereocenters. The van der Waals surface area contributed by atoms with Gasteiger partial charge in [-0.3, -0.25) is 9.59 Å². The van der Waals surface area contributed by atoms with Gasteiger partial charge in [0.15, 0.2) is 0 Å². The maximum absolute atomic E-state index is 13.1. The number of hydrogen-bond donors (Lipinski definition) is 1. The average molecular weight is 377 g/mol. The van der Waals surface area contributed by atoms with Crippen molar-refractivity contribution >= 4 is 5.91 Å². The molecule has 5 rings (SSSR count). The second-order valence-electron chi connectivity index (χ2n) is 8.52. The van der Waals surface area contributed by atoms with Crippen LogP contribution in [-0.4, -0.2) is 41.6 Å². The summed E-state index contributed by atoms with van der Waals surface area (Å²) in [5.74, 6) is 1.30. The topological polar surface area (TPSA) is 54.3 Å². The highest BCUT2D eigenvalue weighted by Gasteiger charge is 2.33. The number of fused-ring (bicyclic) bond motifs is 4. The molecule has 146 valence electrons. The Morgan fingerprint density at radius 1 is 0.964 bits per heavy atom. The molecule has 28 heavy (non-hydrogen) atoms. The molecule has 4 heterocycles. The second-order valence-corrected chi connectivity index (χ2v) is 8.52. The van der Waals surface area contributed by atoms with Crippen LogP contribution >= 0.6 is 0 Å². The molecule has 1 N–H and O–H groups in total. The molecule has 5 heteroatoms. The van der Waals surface area contributed by atoms with Crippen LogP contribution in [0.1, 0.15) is 52.7 Å². The Kier molecular flexibility index (Phi) is 4.55. The van der Waals surface area contributed by atoms with Gasteiger partial charge in [-0.2, -0.15) is 0 Å². The summed E-state index contributed by atoms with van der Waals surface area (Å²) in [6.45, 7) is 4.06. The van der Waals surface area contributed by atoms with Crippen LogP contribution in [0.5, 0.6) is 0 Å². The first-order valence-corrected chi connectivity index (χ1v) is 10.5. The van der Waals surface area contributed by atoms with Crippen LogP contribution in [0.15, 0.2) is 47.3 Å². The summed E-state index contributed by atoms with van der Waals surface area (Å²) in [7, 11) is 0.